The predicted octanol–water partition coefficient (Wildman–Crippen LogP) is 9.04. The van der Waals surface area contributed by atoms with Gasteiger partial charge in [0.05, 0.1) is 6.10 Å². The fraction of sp³-hybridized carbons (Fsp3) is 0.917. The maximum absolute atomic E-state index is 6.51. The Hall–Kier alpha value is -0.0831. The molecule has 0 aromatic carbocycles. The van der Waals surface area contributed by atoms with E-state index in [-0.39, 0.29) is 0 Å². The summed E-state index contributed by atoms with van der Waals surface area (Å²) in [7, 11) is -1.65. The molecule has 0 radical (unpaired) electrons. The lowest BCUT2D eigenvalue weighted by molar-refractivity contribution is 0.220. The Bertz CT molecular complexity index is 341. The van der Waals surface area contributed by atoms with E-state index in [0.29, 0.717) is 11.1 Å². The number of hydrogen-bond donors (Lipinski definition) is 0. The van der Waals surface area contributed by atoms with E-state index >= 15 is 0 Å². The molecule has 0 N–H and O–H groups in total. The van der Waals surface area contributed by atoms with Gasteiger partial charge in [-0.3, -0.25) is 0 Å². The average molecular weight is 383 g/mol. The molecule has 1 atom stereocenters. The molecule has 0 bridgehead atoms. The van der Waals surface area contributed by atoms with E-state index in [2.05, 4.69) is 59.9 Å². The lowest BCUT2D eigenvalue weighted by Gasteiger charge is -2.38. The van der Waals surface area contributed by atoms with Gasteiger partial charge in [0.1, 0.15) is 0 Å². The summed E-state index contributed by atoms with van der Waals surface area (Å²) < 4.78 is 6.51. The minimum Gasteiger partial charge on any atom is -0.411 e. The van der Waals surface area contributed by atoms with Gasteiger partial charge >= 0.3 is 0 Å². The zero-order valence-electron chi connectivity index (χ0n) is 19.3. The lowest BCUT2D eigenvalue weighted by atomic mass is 10.1. The maximum Gasteiger partial charge on any atom is 0.192 e. The van der Waals surface area contributed by atoms with Crippen LogP contribution in [-0.2, 0) is 4.43 Å². The minimum absolute atomic E-state index is 0.296. The van der Waals surface area contributed by atoms with Crippen LogP contribution in [0.1, 0.15) is 118 Å². The van der Waals surface area contributed by atoms with Gasteiger partial charge < -0.3 is 4.43 Å². The van der Waals surface area contributed by atoms with Crippen LogP contribution in [0.25, 0.3) is 0 Å². The Morgan fingerprint density at radius 1 is 0.769 bits per heavy atom. The van der Waals surface area contributed by atoms with Gasteiger partial charge in [0, 0.05) is 0 Å². The number of rotatable bonds is 16. The van der Waals surface area contributed by atoms with E-state index in [1.54, 1.807) is 0 Å². The summed E-state index contributed by atoms with van der Waals surface area (Å²) in [6, 6.07) is 0. The summed E-state index contributed by atoms with van der Waals surface area (Å²) >= 11 is 0. The van der Waals surface area contributed by atoms with E-state index in [1.165, 1.54) is 77.0 Å². The van der Waals surface area contributed by atoms with Crippen molar-refractivity contribution in [1.29, 1.82) is 0 Å². The molecule has 0 aromatic rings. The molecule has 1 unspecified atom stereocenters. The molecular formula is C24H50OSi. The van der Waals surface area contributed by atoms with E-state index in [1.807, 2.05) is 0 Å². The Balaban J connectivity index is 3.70. The highest BCUT2D eigenvalue weighted by atomic mass is 28.4. The molecule has 0 spiro atoms. The molecule has 2 heteroatoms. The zero-order chi connectivity index (χ0) is 19.9. The van der Waals surface area contributed by atoms with Crippen LogP contribution in [0.4, 0.5) is 0 Å². The fourth-order valence-corrected chi connectivity index (χ4v) is 4.34. The van der Waals surface area contributed by atoms with Crippen molar-refractivity contribution in [3.63, 3.8) is 0 Å². The van der Waals surface area contributed by atoms with Gasteiger partial charge in [0.25, 0.3) is 0 Å². The maximum atomic E-state index is 6.51. The monoisotopic (exact) mass is 382 g/mol. The van der Waals surface area contributed by atoms with Crippen LogP contribution in [-0.4, -0.2) is 14.4 Å². The standard InChI is InChI=1S/C24H50OSi/c1-8-10-11-12-13-14-15-16-17-18-19-20-21-22-23(9-2)25-26(6,7)24(3,4)5/h21-23H,8-20H2,1-7H3. The van der Waals surface area contributed by atoms with E-state index in [4.69, 9.17) is 4.43 Å². The first-order chi connectivity index (χ1) is 12.2. The Morgan fingerprint density at radius 2 is 1.23 bits per heavy atom. The third-order valence-corrected chi connectivity index (χ3v) is 10.5. The molecule has 0 amide bonds. The molecule has 0 fully saturated rings. The summed E-state index contributed by atoms with van der Waals surface area (Å²) in [5.74, 6) is 0. The van der Waals surface area contributed by atoms with Gasteiger partial charge in [-0.15, -0.1) is 0 Å². The smallest absolute Gasteiger partial charge is 0.192 e. The summed E-state index contributed by atoms with van der Waals surface area (Å²) in [4.78, 5) is 0. The van der Waals surface area contributed by atoms with Crippen LogP contribution in [0.3, 0.4) is 0 Å². The second kappa shape index (κ2) is 14.9. The van der Waals surface area contributed by atoms with Crippen molar-refractivity contribution in [3.8, 4) is 0 Å². The first-order valence-corrected chi connectivity index (χ1v) is 14.5. The topological polar surface area (TPSA) is 9.23 Å². The summed E-state index contributed by atoms with van der Waals surface area (Å²) in [5.41, 5.74) is 0. The molecule has 0 heterocycles. The lowest BCUT2D eigenvalue weighted by Crippen LogP contribution is -2.43. The fourth-order valence-electron chi connectivity index (χ4n) is 2.99. The van der Waals surface area contributed by atoms with Crippen molar-refractivity contribution in [1.82, 2.24) is 0 Å². The molecular weight excluding hydrogens is 332 g/mol. The van der Waals surface area contributed by atoms with Crippen LogP contribution in [0.2, 0.25) is 18.1 Å². The Morgan fingerprint density at radius 3 is 1.65 bits per heavy atom. The van der Waals surface area contributed by atoms with Crippen molar-refractivity contribution in [2.75, 3.05) is 0 Å². The van der Waals surface area contributed by atoms with Crippen LogP contribution < -0.4 is 0 Å². The predicted molar refractivity (Wildman–Crippen MR) is 123 cm³/mol. The molecule has 0 aliphatic carbocycles. The van der Waals surface area contributed by atoms with Crippen molar-refractivity contribution in [2.45, 2.75) is 142 Å². The van der Waals surface area contributed by atoms with Crippen molar-refractivity contribution < 1.29 is 4.43 Å². The van der Waals surface area contributed by atoms with Crippen molar-refractivity contribution >= 4 is 8.32 Å². The molecule has 0 aromatic heterocycles. The largest absolute Gasteiger partial charge is 0.411 e. The zero-order valence-corrected chi connectivity index (χ0v) is 20.3. The second-order valence-corrected chi connectivity index (χ2v) is 14.3. The van der Waals surface area contributed by atoms with Gasteiger partial charge in [0.15, 0.2) is 8.32 Å². The van der Waals surface area contributed by atoms with Gasteiger partial charge in [-0.2, -0.15) is 0 Å². The molecule has 0 aliphatic heterocycles. The third kappa shape index (κ3) is 13.1. The Labute approximate surface area is 167 Å². The Kier molecular flexibility index (Phi) is 14.9. The SMILES string of the molecule is CCCCCCCCCCCCCC=CC(CC)O[Si](C)(C)C(C)(C)C. The number of hydrogen-bond acceptors (Lipinski definition) is 1. The summed E-state index contributed by atoms with van der Waals surface area (Å²) in [6.07, 6.45) is 22.9. The summed E-state index contributed by atoms with van der Waals surface area (Å²) in [5, 5.41) is 0.296. The van der Waals surface area contributed by atoms with Crippen LogP contribution >= 0.6 is 0 Å². The van der Waals surface area contributed by atoms with Crippen LogP contribution in [0.15, 0.2) is 12.2 Å². The molecule has 0 saturated heterocycles. The molecule has 0 rings (SSSR count). The van der Waals surface area contributed by atoms with E-state index in [0.717, 1.165) is 6.42 Å². The highest BCUT2D eigenvalue weighted by Crippen LogP contribution is 2.37. The highest BCUT2D eigenvalue weighted by molar-refractivity contribution is 6.74. The van der Waals surface area contributed by atoms with Gasteiger partial charge in [-0.1, -0.05) is 111 Å². The first-order valence-electron chi connectivity index (χ1n) is 11.6. The molecule has 156 valence electrons. The third-order valence-electron chi connectivity index (χ3n) is 5.98. The first kappa shape index (κ1) is 25.9. The number of unbranched alkanes of at least 4 members (excludes halogenated alkanes) is 11. The van der Waals surface area contributed by atoms with Gasteiger partial charge in [-0.05, 0) is 37.4 Å². The second-order valence-electron chi connectivity index (χ2n) is 9.58. The molecule has 26 heavy (non-hydrogen) atoms. The molecule has 0 saturated carbocycles. The molecule has 0 aliphatic rings. The highest BCUT2D eigenvalue weighted by Gasteiger charge is 2.38. The van der Waals surface area contributed by atoms with Gasteiger partial charge in [-0.25, -0.2) is 0 Å². The van der Waals surface area contributed by atoms with Gasteiger partial charge in [0.2, 0.25) is 0 Å². The average Bonchev–Trinajstić information content (AvgIpc) is 2.56. The molecule has 1 nitrogen and oxygen atoms in total. The minimum atomic E-state index is -1.65. The quantitative estimate of drug-likeness (QED) is 0.147. The van der Waals surface area contributed by atoms with E-state index in [9.17, 15) is 0 Å². The van der Waals surface area contributed by atoms with Crippen molar-refractivity contribution in [2.24, 2.45) is 0 Å². The van der Waals surface area contributed by atoms with Crippen LogP contribution in [0, 0.1) is 0 Å². The van der Waals surface area contributed by atoms with Crippen LogP contribution in [0.5, 0.6) is 0 Å². The van der Waals surface area contributed by atoms with E-state index < -0.39 is 8.32 Å². The number of allylic oxidation sites excluding steroid dienone is 1. The normalized spacial score (nSPS) is 14.3. The van der Waals surface area contributed by atoms with Crippen molar-refractivity contribution in [3.05, 3.63) is 12.2 Å². The summed E-state index contributed by atoms with van der Waals surface area (Å²) in [6.45, 7) is 16.2.